The lowest BCUT2D eigenvalue weighted by Crippen LogP contribution is -2.67. The van der Waals surface area contributed by atoms with Crippen molar-refractivity contribution in [3.8, 4) is 0 Å². The summed E-state index contributed by atoms with van der Waals surface area (Å²) in [5.41, 5.74) is -0.797. The Labute approximate surface area is 231 Å². The van der Waals surface area contributed by atoms with Crippen molar-refractivity contribution in [2.75, 3.05) is 46.0 Å². The summed E-state index contributed by atoms with van der Waals surface area (Å²) in [6, 6.07) is 0.0164. The predicted molar refractivity (Wildman–Crippen MR) is 143 cm³/mol. The number of aliphatic hydroxyl groups is 2. The summed E-state index contributed by atoms with van der Waals surface area (Å²) in [4.78, 5) is 28.1. The Balaban J connectivity index is 1.18. The summed E-state index contributed by atoms with van der Waals surface area (Å²) in [5, 5.41) is 34.3. The van der Waals surface area contributed by atoms with E-state index in [1.54, 1.807) is 11.0 Å². The first-order chi connectivity index (χ1) is 18.6. The van der Waals surface area contributed by atoms with E-state index in [1.807, 2.05) is 6.92 Å². The van der Waals surface area contributed by atoms with Gasteiger partial charge in [-0.15, -0.1) is 0 Å². The van der Waals surface area contributed by atoms with E-state index in [-0.39, 0.29) is 41.8 Å². The maximum Gasteiger partial charge on any atom is 0.407 e. The van der Waals surface area contributed by atoms with E-state index in [0.717, 1.165) is 63.7 Å². The van der Waals surface area contributed by atoms with Crippen molar-refractivity contribution >= 4 is 12.1 Å². The summed E-state index contributed by atoms with van der Waals surface area (Å²) in [5.74, 6) is 0.304. The van der Waals surface area contributed by atoms with Crippen LogP contribution >= 0.6 is 0 Å². The zero-order chi connectivity index (χ0) is 27.6. The minimum Gasteiger partial charge on any atom is -0.465 e. The molecule has 4 saturated carbocycles. The van der Waals surface area contributed by atoms with Gasteiger partial charge in [0, 0.05) is 43.7 Å². The SMILES string of the molecule is C[C@]12CC[C@H](N(CCN3CCOCC3)C(=O)O)C[C@H]1CC[C@@H]1[C@@H]2C[C@@H](O)[C@]2(C)[C@@H](C3=CC(=O)OC3)CC[C@]12O. The number of rotatable bonds is 5. The molecule has 0 aromatic rings. The summed E-state index contributed by atoms with van der Waals surface area (Å²) < 4.78 is 10.7. The second-order valence-electron chi connectivity index (χ2n) is 13.7. The lowest BCUT2D eigenvalue weighted by molar-refractivity contribution is -0.243. The highest BCUT2D eigenvalue weighted by Gasteiger charge is 2.70. The number of hydrogen-bond acceptors (Lipinski definition) is 7. The molecular formula is C30H46N2O7. The zero-order valence-electron chi connectivity index (χ0n) is 23.5. The fourth-order valence-electron chi connectivity index (χ4n) is 10.2. The number of carboxylic acid groups (broad SMARTS) is 1. The lowest BCUT2D eigenvalue weighted by Gasteiger charge is -2.65. The molecule has 0 aromatic heterocycles. The molecule has 1 saturated heterocycles. The van der Waals surface area contributed by atoms with E-state index in [1.165, 1.54) is 0 Å². The van der Waals surface area contributed by atoms with E-state index in [4.69, 9.17) is 9.47 Å². The normalized spacial score (nSPS) is 46.1. The second kappa shape index (κ2) is 10.00. The molecule has 9 atom stereocenters. The quantitative estimate of drug-likeness (QED) is 0.451. The summed E-state index contributed by atoms with van der Waals surface area (Å²) in [7, 11) is 0. The van der Waals surface area contributed by atoms with Crippen LogP contribution in [0.3, 0.4) is 0 Å². The number of nitrogens with zero attached hydrogens (tertiary/aromatic N) is 2. The highest BCUT2D eigenvalue weighted by Crippen LogP contribution is 2.70. The van der Waals surface area contributed by atoms with Gasteiger partial charge >= 0.3 is 12.1 Å². The standard InChI is InChI=1S/C30H46N2O7/c1-28-7-5-21(32(27(35)36)10-9-31-11-13-38-14-12-31)16-20(28)3-4-23-24(28)17-25(33)29(2)22(6-8-30(23,29)37)19-15-26(34)39-18-19/h15,20-25,33,37H,3-14,16-18H2,1-2H3,(H,35,36)/t20-,21+,22-,23-,24+,25-,28+,29+,30+/m1/s1. The van der Waals surface area contributed by atoms with Crippen molar-refractivity contribution in [2.45, 2.75) is 83.0 Å². The predicted octanol–water partition coefficient (Wildman–Crippen LogP) is 2.90. The fraction of sp³-hybridized carbons (Fsp3) is 0.867. The number of amides is 1. The Bertz CT molecular complexity index is 1010. The van der Waals surface area contributed by atoms with Gasteiger partial charge in [0.15, 0.2) is 0 Å². The first-order valence-corrected chi connectivity index (χ1v) is 15.1. The topological polar surface area (TPSA) is 120 Å². The Hall–Kier alpha value is -1.68. The van der Waals surface area contributed by atoms with Crippen LogP contribution in [-0.4, -0.2) is 101 Å². The molecule has 39 heavy (non-hydrogen) atoms. The van der Waals surface area contributed by atoms with Gasteiger partial charge in [-0.25, -0.2) is 9.59 Å². The van der Waals surface area contributed by atoms with E-state index >= 15 is 0 Å². The van der Waals surface area contributed by atoms with Crippen LogP contribution in [0, 0.1) is 34.5 Å². The van der Waals surface area contributed by atoms with Gasteiger partial charge in [-0.1, -0.05) is 13.8 Å². The molecule has 218 valence electrons. The highest BCUT2D eigenvalue weighted by atomic mass is 16.5. The Kier molecular flexibility index (Phi) is 7.05. The van der Waals surface area contributed by atoms with Crippen molar-refractivity contribution in [3.05, 3.63) is 11.6 Å². The molecule has 1 amide bonds. The van der Waals surface area contributed by atoms with E-state index in [9.17, 15) is 24.9 Å². The van der Waals surface area contributed by atoms with Crippen molar-refractivity contribution in [1.29, 1.82) is 0 Å². The largest absolute Gasteiger partial charge is 0.465 e. The molecule has 0 aromatic carbocycles. The van der Waals surface area contributed by atoms with Gasteiger partial charge in [0.05, 0.1) is 24.9 Å². The second-order valence-corrected chi connectivity index (χ2v) is 13.7. The summed E-state index contributed by atoms with van der Waals surface area (Å²) in [6.45, 7) is 9.05. The first-order valence-electron chi connectivity index (χ1n) is 15.1. The lowest BCUT2D eigenvalue weighted by atomic mass is 9.42. The Morgan fingerprint density at radius 1 is 1.10 bits per heavy atom. The van der Waals surface area contributed by atoms with Crippen LogP contribution in [0.2, 0.25) is 0 Å². The van der Waals surface area contributed by atoms with Crippen molar-refractivity contribution in [2.24, 2.45) is 34.5 Å². The van der Waals surface area contributed by atoms with Crippen LogP contribution in [0.4, 0.5) is 4.79 Å². The molecule has 0 bridgehead atoms. The molecule has 5 fully saturated rings. The number of carbonyl (C=O) groups is 2. The average molecular weight is 547 g/mol. The van der Waals surface area contributed by atoms with Gasteiger partial charge < -0.3 is 29.7 Å². The van der Waals surface area contributed by atoms with Crippen LogP contribution in [0.25, 0.3) is 0 Å². The highest BCUT2D eigenvalue weighted by molar-refractivity contribution is 5.85. The third-order valence-corrected chi connectivity index (χ3v) is 12.5. The molecular weight excluding hydrogens is 500 g/mol. The van der Waals surface area contributed by atoms with Crippen molar-refractivity contribution in [3.63, 3.8) is 0 Å². The van der Waals surface area contributed by atoms with Crippen LogP contribution in [-0.2, 0) is 14.3 Å². The third kappa shape index (κ3) is 4.25. The van der Waals surface area contributed by atoms with Crippen molar-refractivity contribution < 1.29 is 34.4 Å². The molecule has 6 aliphatic rings. The summed E-state index contributed by atoms with van der Waals surface area (Å²) >= 11 is 0. The Morgan fingerprint density at radius 3 is 2.56 bits per heavy atom. The molecule has 9 heteroatoms. The third-order valence-electron chi connectivity index (χ3n) is 12.5. The molecule has 9 nitrogen and oxygen atoms in total. The molecule has 2 heterocycles. The maximum absolute atomic E-state index is 12.4. The van der Waals surface area contributed by atoms with Crippen LogP contribution in [0.1, 0.15) is 65.2 Å². The van der Waals surface area contributed by atoms with E-state index in [2.05, 4.69) is 11.8 Å². The number of morpholine rings is 1. The smallest absolute Gasteiger partial charge is 0.407 e. The van der Waals surface area contributed by atoms with Crippen LogP contribution in [0.5, 0.6) is 0 Å². The molecule has 3 N–H and O–H groups in total. The van der Waals surface area contributed by atoms with Crippen LogP contribution in [0.15, 0.2) is 11.6 Å². The average Bonchev–Trinajstić information content (AvgIpc) is 3.46. The molecule has 2 aliphatic heterocycles. The first kappa shape index (κ1) is 27.5. The van der Waals surface area contributed by atoms with Gasteiger partial charge in [-0.3, -0.25) is 4.90 Å². The summed E-state index contributed by atoms with van der Waals surface area (Å²) in [6.07, 6.45) is 6.61. The van der Waals surface area contributed by atoms with E-state index in [0.29, 0.717) is 38.5 Å². The van der Waals surface area contributed by atoms with Gasteiger partial charge in [-0.05, 0) is 86.0 Å². The van der Waals surface area contributed by atoms with Gasteiger partial charge in [-0.2, -0.15) is 0 Å². The number of carbonyl (C=O) groups excluding carboxylic acids is 1. The van der Waals surface area contributed by atoms with Crippen molar-refractivity contribution in [1.82, 2.24) is 9.80 Å². The number of fused-ring (bicyclic) bond motifs is 5. The van der Waals surface area contributed by atoms with E-state index < -0.39 is 23.2 Å². The van der Waals surface area contributed by atoms with Crippen LogP contribution < -0.4 is 0 Å². The minimum absolute atomic E-state index is 0.0164. The molecule has 4 aliphatic carbocycles. The number of hydrogen-bond donors (Lipinski definition) is 3. The number of aliphatic hydroxyl groups excluding tert-OH is 1. The molecule has 0 unspecified atom stereocenters. The number of esters is 1. The van der Waals surface area contributed by atoms with Gasteiger partial charge in [0.1, 0.15) is 6.61 Å². The minimum atomic E-state index is -0.984. The molecule has 0 radical (unpaired) electrons. The van der Waals surface area contributed by atoms with Gasteiger partial charge in [0.25, 0.3) is 0 Å². The Morgan fingerprint density at radius 2 is 1.87 bits per heavy atom. The molecule has 6 rings (SSSR count). The van der Waals surface area contributed by atoms with Gasteiger partial charge in [0.2, 0.25) is 0 Å². The number of ether oxygens (including phenoxy) is 2. The number of cyclic esters (lactones) is 1. The maximum atomic E-state index is 12.4. The monoisotopic (exact) mass is 546 g/mol. The molecule has 0 spiro atoms. The zero-order valence-corrected chi connectivity index (χ0v) is 23.5. The fourth-order valence-corrected chi connectivity index (χ4v) is 10.2.